The first-order valence-corrected chi connectivity index (χ1v) is 6.04. The molecule has 2 unspecified atom stereocenters. The van der Waals surface area contributed by atoms with E-state index in [1.165, 1.54) is 0 Å². The van der Waals surface area contributed by atoms with Gasteiger partial charge in [0.1, 0.15) is 5.60 Å². The van der Waals surface area contributed by atoms with Crippen molar-refractivity contribution in [1.29, 1.82) is 0 Å². The molecule has 0 bridgehead atoms. The molecule has 1 aliphatic rings. The van der Waals surface area contributed by atoms with Crippen LogP contribution in [0, 0.1) is 5.41 Å². The Morgan fingerprint density at radius 3 is 2.65 bits per heavy atom. The van der Waals surface area contributed by atoms with Crippen molar-refractivity contribution in [3.8, 4) is 0 Å². The smallest absolute Gasteiger partial charge is 0.410 e. The van der Waals surface area contributed by atoms with E-state index in [0.29, 0.717) is 13.1 Å². The van der Waals surface area contributed by atoms with Gasteiger partial charge in [-0.1, -0.05) is 6.92 Å². The second-order valence-corrected chi connectivity index (χ2v) is 6.06. The van der Waals surface area contributed by atoms with Gasteiger partial charge in [0, 0.05) is 25.0 Å². The average Bonchev–Trinajstić information content (AvgIpc) is 2.58. The summed E-state index contributed by atoms with van der Waals surface area (Å²) in [6.45, 7) is 8.81. The first-order valence-electron chi connectivity index (χ1n) is 6.04. The Hall–Kier alpha value is -0.810. The molecule has 1 heterocycles. The zero-order chi connectivity index (χ0) is 13.3. The molecule has 100 valence electrons. The molecular formula is C12H24N2O3. The molecule has 1 rings (SSSR count). The van der Waals surface area contributed by atoms with Crippen molar-refractivity contribution in [3.63, 3.8) is 0 Å². The number of hydrogen-bond acceptors (Lipinski definition) is 4. The number of hydrogen-bond donors (Lipinski definition) is 2. The second-order valence-electron chi connectivity index (χ2n) is 6.06. The Morgan fingerprint density at radius 2 is 2.18 bits per heavy atom. The van der Waals surface area contributed by atoms with Crippen molar-refractivity contribution in [2.75, 3.05) is 19.6 Å². The molecule has 1 amide bonds. The fraction of sp³-hybridized carbons (Fsp3) is 0.917. The topological polar surface area (TPSA) is 75.8 Å². The van der Waals surface area contributed by atoms with Gasteiger partial charge in [-0.05, 0) is 27.2 Å². The number of amides is 1. The van der Waals surface area contributed by atoms with E-state index >= 15 is 0 Å². The summed E-state index contributed by atoms with van der Waals surface area (Å²) in [6, 6.07) is 0. The zero-order valence-corrected chi connectivity index (χ0v) is 11.2. The third kappa shape index (κ3) is 3.57. The van der Waals surface area contributed by atoms with Crippen LogP contribution in [0.4, 0.5) is 4.79 Å². The third-order valence-corrected chi connectivity index (χ3v) is 3.18. The molecule has 0 aromatic rings. The molecule has 1 fully saturated rings. The predicted octanol–water partition coefficient (Wildman–Crippen LogP) is 0.953. The molecular weight excluding hydrogens is 220 g/mol. The molecule has 0 aliphatic carbocycles. The standard InChI is InChI=1S/C12H24N2O3/c1-11(2,3)17-10(16)14-6-5-12(4,8-14)9(15)7-13/h9,15H,5-8,13H2,1-4H3. The molecule has 5 heteroatoms. The van der Waals surface area contributed by atoms with Crippen molar-refractivity contribution in [2.45, 2.75) is 45.8 Å². The highest BCUT2D eigenvalue weighted by molar-refractivity contribution is 5.68. The summed E-state index contributed by atoms with van der Waals surface area (Å²) in [7, 11) is 0. The first-order chi connectivity index (χ1) is 7.68. The summed E-state index contributed by atoms with van der Waals surface area (Å²) in [5.74, 6) is 0. The van der Waals surface area contributed by atoms with Crippen LogP contribution >= 0.6 is 0 Å². The van der Waals surface area contributed by atoms with Gasteiger partial charge >= 0.3 is 6.09 Å². The molecule has 0 aromatic carbocycles. The number of aliphatic hydroxyl groups is 1. The SMILES string of the molecule is CC(C)(C)OC(=O)N1CCC(C)(C(O)CN)C1. The van der Waals surface area contributed by atoms with E-state index in [1.807, 2.05) is 27.7 Å². The number of carbonyl (C=O) groups is 1. The Kier molecular flexibility index (Phi) is 4.04. The van der Waals surface area contributed by atoms with Gasteiger partial charge in [0.05, 0.1) is 6.10 Å². The predicted molar refractivity (Wildman–Crippen MR) is 65.6 cm³/mol. The Morgan fingerprint density at radius 1 is 1.59 bits per heavy atom. The molecule has 5 nitrogen and oxygen atoms in total. The van der Waals surface area contributed by atoms with Crippen molar-refractivity contribution < 1.29 is 14.6 Å². The number of carbonyl (C=O) groups excluding carboxylic acids is 1. The lowest BCUT2D eigenvalue weighted by Gasteiger charge is -2.30. The Bertz CT molecular complexity index is 288. The number of rotatable bonds is 2. The van der Waals surface area contributed by atoms with Gasteiger partial charge in [-0.15, -0.1) is 0 Å². The molecule has 0 aromatic heterocycles. The van der Waals surface area contributed by atoms with E-state index in [-0.39, 0.29) is 18.1 Å². The van der Waals surface area contributed by atoms with E-state index in [9.17, 15) is 9.90 Å². The summed E-state index contributed by atoms with van der Waals surface area (Å²) < 4.78 is 5.30. The van der Waals surface area contributed by atoms with E-state index in [4.69, 9.17) is 10.5 Å². The van der Waals surface area contributed by atoms with Crippen LogP contribution in [0.25, 0.3) is 0 Å². The quantitative estimate of drug-likeness (QED) is 0.758. The van der Waals surface area contributed by atoms with Gasteiger partial charge in [0.2, 0.25) is 0 Å². The number of nitrogens with two attached hydrogens (primary N) is 1. The first kappa shape index (κ1) is 14.3. The zero-order valence-electron chi connectivity index (χ0n) is 11.2. The van der Waals surface area contributed by atoms with Crippen LogP contribution in [0.1, 0.15) is 34.1 Å². The van der Waals surface area contributed by atoms with Crippen LogP contribution in [-0.2, 0) is 4.74 Å². The largest absolute Gasteiger partial charge is 0.444 e. The lowest BCUT2D eigenvalue weighted by atomic mass is 9.83. The van der Waals surface area contributed by atoms with Crippen LogP contribution in [-0.4, -0.2) is 47.4 Å². The Balaban J connectivity index is 2.58. The van der Waals surface area contributed by atoms with Crippen LogP contribution < -0.4 is 5.73 Å². The van der Waals surface area contributed by atoms with E-state index in [2.05, 4.69) is 0 Å². The maximum absolute atomic E-state index is 11.9. The molecule has 17 heavy (non-hydrogen) atoms. The van der Waals surface area contributed by atoms with Gasteiger partial charge in [-0.3, -0.25) is 0 Å². The molecule has 3 N–H and O–H groups in total. The fourth-order valence-corrected chi connectivity index (χ4v) is 2.02. The number of likely N-dealkylation sites (tertiary alicyclic amines) is 1. The summed E-state index contributed by atoms with van der Waals surface area (Å²) in [5.41, 5.74) is 4.68. The highest BCUT2D eigenvalue weighted by atomic mass is 16.6. The van der Waals surface area contributed by atoms with Gasteiger partial charge in [0.15, 0.2) is 0 Å². The van der Waals surface area contributed by atoms with Gasteiger partial charge < -0.3 is 20.5 Å². The van der Waals surface area contributed by atoms with Crippen LogP contribution in [0.2, 0.25) is 0 Å². The Labute approximate surface area is 103 Å². The van der Waals surface area contributed by atoms with Crippen LogP contribution in [0.5, 0.6) is 0 Å². The van der Waals surface area contributed by atoms with Crippen molar-refractivity contribution >= 4 is 6.09 Å². The van der Waals surface area contributed by atoms with Crippen molar-refractivity contribution in [2.24, 2.45) is 11.1 Å². The van der Waals surface area contributed by atoms with E-state index in [1.54, 1.807) is 4.90 Å². The monoisotopic (exact) mass is 244 g/mol. The number of aliphatic hydroxyl groups excluding tert-OH is 1. The maximum Gasteiger partial charge on any atom is 0.410 e. The molecule has 1 saturated heterocycles. The lowest BCUT2D eigenvalue weighted by Crippen LogP contribution is -2.42. The second kappa shape index (κ2) is 4.82. The normalized spacial score (nSPS) is 27.1. The molecule has 0 saturated carbocycles. The molecule has 0 radical (unpaired) electrons. The average molecular weight is 244 g/mol. The summed E-state index contributed by atoms with van der Waals surface area (Å²) in [4.78, 5) is 13.5. The lowest BCUT2D eigenvalue weighted by molar-refractivity contribution is 0.0188. The summed E-state index contributed by atoms with van der Waals surface area (Å²) in [6.07, 6.45) is -0.134. The van der Waals surface area contributed by atoms with Crippen molar-refractivity contribution in [1.82, 2.24) is 4.90 Å². The minimum absolute atomic E-state index is 0.221. The highest BCUT2D eigenvalue weighted by Crippen LogP contribution is 2.33. The van der Waals surface area contributed by atoms with Gasteiger partial charge in [-0.2, -0.15) is 0 Å². The minimum Gasteiger partial charge on any atom is -0.444 e. The maximum atomic E-state index is 11.9. The molecule has 1 aliphatic heterocycles. The fourth-order valence-electron chi connectivity index (χ4n) is 2.02. The molecule has 2 atom stereocenters. The van der Waals surface area contributed by atoms with Gasteiger partial charge in [0.25, 0.3) is 0 Å². The summed E-state index contributed by atoms with van der Waals surface area (Å²) in [5, 5.41) is 9.85. The number of nitrogens with zero attached hydrogens (tertiary/aromatic N) is 1. The van der Waals surface area contributed by atoms with Crippen molar-refractivity contribution in [3.05, 3.63) is 0 Å². The molecule has 0 spiro atoms. The van der Waals surface area contributed by atoms with Gasteiger partial charge in [-0.25, -0.2) is 4.79 Å². The van der Waals surface area contributed by atoms with E-state index in [0.717, 1.165) is 6.42 Å². The van der Waals surface area contributed by atoms with Crippen LogP contribution in [0.15, 0.2) is 0 Å². The van der Waals surface area contributed by atoms with E-state index < -0.39 is 11.7 Å². The number of ether oxygens (including phenoxy) is 1. The highest BCUT2D eigenvalue weighted by Gasteiger charge is 2.42. The summed E-state index contributed by atoms with van der Waals surface area (Å²) >= 11 is 0. The third-order valence-electron chi connectivity index (χ3n) is 3.18. The minimum atomic E-state index is -0.574. The van der Waals surface area contributed by atoms with Crippen LogP contribution in [0.3, 0.4) is 0 Å².